The molecule has 0 atom stereocenters. The summed E-state index contributed by atoms with van der Waals surface area (Å²) in [5.74, 6) is 0. The van der Waals surface area contributed by atoms with Crippen LogP contribution in [0.25, 0.3) is 68.9 Å². The van der Waals surface area contributed by atoms with Gasteiger partial charge in [-0.2, -0.15) is 0 Å². The number of benzene rings is 10. The standard InChI is InChI=1S/C74H61BN4S2/c1-72(2,3)46-33-34-57-53(37-46)54-38-47(73(4,5)6)40-61-68(54)77(57)62-41-48(74(7,8)9)39-56-70(62)79(61)60-43-51(76(49-24-15-11-16-25-49)50-26-17-12-18-27-50)42-59-67(60)75(56)71-69(55-36-45(32-35-64(55)81-71)44-22-13-10-14-23-44)78(59)58-29-21-31-65-66(58)52-28-19-20-30-63(52)80-65/h10-43H,1-9H3. The summed E-state index contributed by atoms with van der Waals surface area (Å²) in [5, 5.41) is 6.44. The number of hydrogen-bond donors (Lipinski definition) is 0. The number of aromatic nitrogens is 1. The van der Waals surface area contributed by atoms with Crippen LogP contribution in [-0.4, -0.2) is 11.3 Å². The Balaban J connectivity index is 1.12. The Morgan fingerprint density at radius 3 is 1.67 bits per heavy atom. The van der Waals surface area contributed by atoms with Gasteiger partial charge in [-0.1, -0.05) is 172 Å². The molecule has 6 heterocycles. The van der Waals surface area contributed by atoms with Crippen LogP contribution >= 0.6 is 22.7 Å². The van der Waals surface area contributed by atoms with Crippen LogP contribution in [0.3, 0.4) is 0 Å². The fourth-order valence-corrected chi connectivity index (χ4v) is 16.0. The van der Waals surface area contributed by atoms with Gasteiger partial charge in [0.05, 0.1) is 45.2 Å². The van der Waals surface area contributed by atoms with Crippen molar-refractivity contribution in [2.24, 2.45) is 0 Å². The second-order valence-electron chi connectivity index (χ2n) is 25.8. The highest BCUT2D eigenvalue weighted by atomic mass is 32.1. The van der Waals surface area contributed by atoms with E-state index >= 15 is 0 Å². The first-order chi connectivity index (χ1) is 39.1. The third-order valence-corrected chi connectivity index (χ3v) is 20.0. The molecule has 10 aromatic carbocycles. The molecule has 392 valence electrons. The smallest absolute Gasteiger partial charge is 0.264 e. The van der Waals surface area contributed by atoms with E-state index < -0.39 is 0 Å². The van der Waals surface area contributed by atoms with Crippen molar-refractivity contribution in [1.82, 2.24) is 4.57 Å². The summed E-state index contributed by atoms with van der Waals surface area (Å²) in [4.78, 5) is 7.93. The summed E-state index contributed by atoms with van der Waals surface area (Å²) in [7, 11) is 0. The van der Waals surface area contributed by atoms with Crippen LogP contribution in [0.1, 0.15) is 79.0 Å². The molecule has 4 nitrogen and oxygen atoms in total. The zero-order valence-corrected chi connectivity index (χ0v) is 48.9. The SMILES string of the molecule is CC(C)(C)c1cc2c3c(c1)-n1c4ccc(C(C)(C)C)cc4c4cc(C(C)(C)C)cc(c41)N3c1cc(N(c3ccccc3)c3ccccc3)cc3c1B2c1sc2ccc(-c4ccccc4)cc2c1N3c1cccc2sc3ccccc3c12. The first-order valence-corrected chi connectivity index (χ1v) is 30.2. The first-order valence-electron chi connectivity index (χ1n) is 28.6. The van der Waals surface area contributed by atoms with Crippen molar-refractivity contribution in [3.63, 3.8) is 0 Å². The van der Waals surface area contributed by atoms with Gasteiger partial charge >= 0.3 is 0 Å². The Labute approximate surface area is 482 Å². The Morgan fingerprint density at radius 2 is 0.975 bits per heavy atom. The highest BCUT2D eigenvalue weighted by Gasteiger charge is 2.49. The van der Waals surface area contributed by atoms with E-state index in [2.05, 4.69) is 288 Å². The molecule has 13 aromatic rings. The van der Waals surface area contributed by atoms with Crippen LogP contribution in [0.2, 0.25) is 0 Å². The summed E-state index contributed by atoms with van der Waals surface area (Å²) in [6, 6.07) is 78.8. The number of para-hydroxylation sites is 2. The molecule has 0 spiro atoms. The molecule has 3 aromatic heterocycles. The first kappa shape index (κ1) is 48.5. The average Bonchev–Trinajstić information content (AvgIpc) is 2.69. The molecule has 0 unspecified atom stereocenters. The molecule has 0 fully saturated rings. The number of nitrogens with zero attached hydrogens (tertiary/aromatic N) is 4. The topological polar surface area (TPSA) is 14.7 Å². The lowest BCUT2D eigenvalue weighted by atomic mass is 9.35. The van der Waals surface area contributed by atoms with Gasteiger partial charge in [0.15, 0.2) is 0 Å². The van der Waals surface area contributed by atoms with Gasteiger partial charge in [0, 0.05) is 68.6 Å². The molecule has 0 N–H and O–H groups in total. The van der Waals surface area contributed by atoms with Crippen LogP contribution in [-0.2, 0) is 16.2 Å². The molecule has 0 saturated carbocycles. The van der Waals surface area contributed by atoms with Crippen molar-refractivity contribution in [3.8, 4) is 16.8 Å². The zero-order valence-electron chi connectivity index (χ0n) is 47.3. The van der Waals surface area contributed by atoms with Crippen molar-refractivity contribution in [1.29, 1.82) is 0 Å². The Morgan fingerprint density at radius 1 is 0.383 bits per heavy atom. The molecule has 7 heteroatoms. The molecule has 0 saturated heterocycles. The maximum absolute atomic E-state index is 2.73. The molecule has 16 rings (SSSR count). The number of rotatable bonds is 5. The lowest BCUT2D eigenvalue weighted by Crippen LogP contribution is -2.61. The third-order valence-electron chi connectivity index (χ3n) is 17.7. The van der Waals surface area contributed by atoms with Crippen LogP contribution in [0.4, 0.5) is 51.2 Å². The third kappa shape index (κ3) is 7.14. The second-order valence-corrected chi connectivity index (χ2v) is 28.0. The molecule has 3 aliphatic heterocycles. The van der Waals surface area contributed by atoms with E-state index in [1.54, 1.807) is 0 Å². The van der Waals surface area contributed by atoms with E-state index in [0.717, 1.165) is 17.1 Å². The highest BCUT2D eigenvalue weighted by Crippen LogP contribution is 2.58. The summed E-state index contributed by atoms with van der Waals surface area (Å²) in [6.45, 7) is 21.2. The summed E-state index contributed by atoms with van der Waals surface area (Å²) in [5.41, 5.74) is 23.2. The fourth-order valence-electron chi connectivity index (χ4n) is 13.6. The van der Waals surface area contributed by atoms with E-state index in [9.17, 15) is 0 Å². The Hall–Kier alpha value is -8.36. The van der Waals surface area contributed by atoms with Gasteiger partial charge in [-0.05, 0) is 152 Å². The molecule has 0 radical (unpaired) electrons. The summed E-state index contributed by atoms with van der Waals surface area (Å²) >= 11 is 3.88. The number of hydrogen-bond acceptors (Lipinski definition) is 5. The number of anilines is 9. The fraction of sp³-hybridized carbons (Fsp3) is 0.162. The Bertz CT molecular complexity index is 4740. The molecule has 3 aliphatic rings. The minimum Gasteiger partial charge on any atom is -0.310 e. The monoisotopic (exact) mass is 1080 g/mol. The predicted molar refractivity (Wildman–Crippen MR) is 353 cm³/mol. The molecule has 81 heavy (non-hydrogen) atoms. The van der Waals surface area contributed by atoms with Crippen molar-refractivity contribution >= 4 is 148 Å². The van der Waals surface area contributed by atoms with Gasteiger partial charge in [-0.15, -0.1) is 22.7 Å². The molecular weight excluding hydrogens is 1020 g/mol. The molecule has 0 aliphatic carbocycles. The maximum atomic E-state index is 2.73. The molecule has 0 amide bonds. The average molecular weight is 1080 g/mol. The van der Waals surface area contributed by atoms with Crippen LogP contribution < -0.4 is 30.4 Å². The van der Waals surface area contributed by atoms with Crippen molar-refractivity contribution in [2.75, 3.05) is 14.7 Å². The van der Waals surface area contributed by atoms with Crippen LogP contribution in [0.5, 0.6) is 0 Å². The van der Waals surface area contributed by atoms with Gasteiger partial charge in [-0.25, -0.2) is 0 Å². The molecular formula is C74H61BN4S2. The summed E-state index contributed by atoms with van der Waals surface area (Å²) < 4.78 is 7.90. The highest BCUT2D eigenvalue weighted by molar-refractivity contribution is 7.33. The number of thiophene rings is 2. The lowest BCUT2D eigenvalue weighted by Gasteiger charge is -2.46. The van der Waals surface area contributed by atoms with Crippen LogP contribution in [0, 0.1) is 0 Å². The van der Waals surface area contributed by atoms with Gasteiger partial charge in [0.1, 0.15) is 0 Å². The van der Waals surface area contributed by atoms with Gasteiger partial charge in [-0.3, -0.25) is 0 Å². The minimum atomic E-state index is -0.156. The van der Waals surface area contributed by atoms with Crippen molar-refractivity contribution in [2.45, 2.75) is 78.6 Å². The quantitative estimate of drug-likeness (QED) is 0.160. The largest absolute Gasteiger partial charge is 0.310 e. The van der Waals surface area contributed by atoms with Crippen molar-refractivity contribution in [3.05, 3.63) is 223 Å². The number of fused-ring (bicyclic) bond motifs is 14. The van der Waals surface area contributed by atoms with E-state index in [1.165, 1.54) is 135 Å². The van der Waals surface area contributed by atoms with Gasteiger partial charge in [0.2, 0.25) is 0 Å². The molecule has 0 bridgehead atoms. The van der Waals surface area contributed by atoms with Crippen molar-refractivity contribution < 1.29 is 0 Å². The predicted octanol–water partition coefficient (Wildman–Crippen LogP) is 19.8. The Kier molecular flexibility index (Phi) is 10.2. The van der Waals surface area contributed by atoms with Crippen LogP contribution in [0.15, 0.2) is 206 Å². The van der Waals surface area contributed by atoms with E-state index in [4.69, 9.17) is 0 Å². The lowest BCUT2D eigenvalue weighted by molar-refractivity contribution is 0.590. The minimum absolute atomic E-state index is 0.0282. The summed E-state index contributed by atoms with van der Waals surface area (Å²) in [6.07, 6.45) is 0. The van der Waals surface area contributed by atoms with Gasteiger partial charge in [0.25, 0.3) is 6.71 Å². The maximum Gasteiger partial charge on any atom is 0.264 e. The van der Waals surface area contributed by atoms with Gasteiger partial charge < -0.3 is 19.3 Å². The van der Waals surface area contributed by atoms with E-state index in [-0.39, 0.29) is 23.0 Å². The zero-order chi connectivity index (χ0) is 55.0. The second kappa shape index (κ2) is 17.1. The van der Waals surface area contributed by atoms with E-state index in [0.29, 0.717) is 0 Å². The van der Waals surface area contributed by atoms with E-state index in [1.807, 2.05) is 22.7 Å². The normalized spacial score (nSPS) is 13.7.